The number of nitrogens with one attached hydrogen (secondary N) is 1. The summed E-state index contributed by atoms with van der Waals surface area (Å²) in [6.45, 7) is 1.38. The molecular weight excluding hydrogens is 417 g/mol. The highest BCUT2D eigenvalue weighted by Crippen LogP contribution is 2.32. The van der Waals surface area contributed by atoms with Crippen molar-refractivity contribution in [2.75, 3.05) is 5.32 Å². The van der Waals surface area contributed by atoms with Crippen molar-refractivity contribution >= 4 is 34.3 Å². The van der Waals surface area contributed by atoms with Crippen molar-refractivity contribution in [1.82, 2.24) is 0 Å². The molecule has 9 nitrogen and oxygen atoms in total. The number of carbonyl (C=O) groups excluding carboxylic acids is 1. The fraction of sp³-hybridized carbons (Fsp3) is 0.105. The van der Waals surface area contributed by atoms with Crippen LogP contribution in [0.2, 0.25) is 0 Å². The molecular formula is C19H14FN3O6S. The minimum atomic E-state index is -0.745. The van der Waals surface area contributed by atoms with Crippen LogP contribution in [0.3, 0.4) is 0 Å². The second kappa shape index (κ2) is 8.66. The quantitative estimate of drug-likeness (QED) is 0.421. The van der Waals surface area contributed by atoms with Gasteiger partial charge in [-0.3, -0.25) is 25.0 Å². The standard InChI is InChI=1S/C19H14FN3O6S/c1-11-16(22(25)26)7-14(8-17(11)23(27)28)21-19(24)18-5-12(10-30-18)9-29-15-4-2-3-13(20)6-15/h2-8,10H,9H2,1H3,(H,21,24). The monoisotopic (exact) mass is 431 g/mol. The number of nitro groups is 2. The minimum Gasteiger partial charge on any atom is -0.489 e. The molecule has 1 amide bonds. The molecule has 0 saturated carbocycles. The predicted molar refractivity (Wildman–Crippen MR) is 107 cm³/mol. The van der Waals surface area contributed by atoms with Gasteiger partial charge in [-0.05, 0) is 30.5 Å². The van der Waals surface area contributed by atoms with E-state index in [-0.39, 0.29) is 22.7 Å². The number of nitrogens with zero attached hydrogens (tertiary/aromatic N) is 2. The first kappa shape index (κ1) is 20.9. The van der Waals surface area contributed by atoms with E-state index in [1.807, 2.05) is 0 Å². The molecule has 3 rings (SSSR count). The smallest absolute Gasteiger partial charge is 0.281 e. The summed E-state index contributed by atoms with van der Waals surface area (Å²) in [6.07, 6.45) is 0. The molecule has 1 aromatic heterocycles. The number of carbonyl (C=O) groups is 1. The molecule has 0 spiro atoms. The number of thiophene rings is 1. The summed E-state index contributed by atoms with van der Waals surface area (Å²) < 4.78 is 18.6. The van der Waals surface area contributed by atoms with Crippen LogP contribution in [-0.4, -0.2) is 15.8 Å². The molecule has 0 radical (unpaired) electrons. The average Bonchev–Trinajstić information content (AvgIpc) is 3.16. The minimum absolute atomic E-state index is 0.0602. The first-order chi connectivity index (χ1) is 14.2. The van der Waals surface area contributed by atoms with Gasteiger partial charge in [0, 0.05) is 23.8 Å². The summed E-state index contributed by atoms with van der Waals surface area (Å²) in [5, 5.41) is 26.4. The Bertz CT molecular complexity index is 1110. The van der Waals surface area contributed by atoms with Crippen LogP contribution < -0.4 is 10.1 Å². The van der Waals surface area contributed by atoms with Gasteiger partial charge in [0.2, 0.25) is 0 Å². The Balaban J connectivity index is 1.74. The van der Waals surface area contributed by atoms with Gasteiger partial charge in [0.05, 0.1) is 20.4 Å². The third-order valence-corrected chi connectivity index (χ3v) is 5.06. The number of hydrogen-bond acceptors (Lipinski definition) is 7. The summed E-state index contributed by atoms with van der Waals surface area (Å²) in [7, 11) is 0. The molecule has 0 fully saturated rings. The first-order valence-electron chi connectivity index (χ1n) is 8.45. The highest BCUT2D eigenvalue weighted by Gasteiger charge is 2.24. The fourth-order valence-electron chi connectivity index (χ4n) is 2.62. The molecule has 1 N–H and O–H groups in total. The number of halogens is 1. The van der Waals surface area contributed by atoms with Gasteiger partial charge in [0.15, 0.2) is 0 Å². The Kier molecular flexibility index (Phi) is 6.02. The third-order valence-electron chi connectivity index (χ3n) is 4.08. The Hall–Kier alpha value is -3.86. The van der Waals surface area contributed by atoms with Crippen molar-refractivity contribution in [2.24, 2.45) is 0 Å². The van der Waals surface area contributed by atoms with E-state index in [4.69, 9.17) is 4.74 Å². The largest absolute Gasteiger partial charge is 0.489 e. The number of anilines is 1. The molecule has 154 valence electrons. The number of benzene rings is 2. The van der Waals surface area contributed by atoms with Crippen LogP contribution in [-0.2, 0) is 6.61 Å². The second-order valence-corrected chi connectivity index (χ2v) is 7.08. The summed E-state index contributed by atoms with van der Waals surface area (Å²) in [5.41, 5.74) is -0.425. The van der Waals surface area contributed by atoms with Crippen molar-refractivity contribution in [2.45, 2.75) is 13.5 Å². The highest BCUT2D eigenvalue weighted by atomic mass is 32.1. The van der Waals surface area contributed by atoms with Gasteiger partial charge in [-0.15, -0.1) is 11.3 Å². The van der Waals surface area contributed by atoms with Gasteiger partial charge in [-0.2, -0.15) is 0 Å². The van der Waals surface area contributed by atoms with E-state index in [1.165, 1.54) is 25.1 Å². The molecule has 11 heteroatoms. The molecule has 1 heterocycles. The zero-order valence-electron chi connectivity index (χ0n) is 15.5. The third kappa shape index (κ3) is 4.75. The van der Waals surface area contributed by atoms with Crippen molar-refractivity contribution in [3.63, 3.8) is 0 Å². The molecule has 30 heavy (non-hydrogen) atoms. The highest BCUT2D eigenvalue weighted by molar-refractivity contribution is 7.12. The van der Waals surface area contributed by atoms with E-state index in [1.54, 1.807) is 17.5 Å². The van der Waals surface area contributed by atoms with Crippen LogP contribution >= 0.6 is 11.3 Å². The van der Waals surface area contributed by atoms with Crippen LogP contribution in [0.25, 0.3) is 0 Å². The molecule has 0 atom stereocenters. The summed E-state index contributed by atoms with van der Waals surface area (Å²) in [4.78, 5) is 33.6. The van der Waals surface area contributed by atoms with E-state index in [2.05, 4.69) is 5.32 Å². The van der Waals surface area contributed by atoms with Gasteiger partial charge in [-0.1, -0.05) is 6.07 Å². The molecule has 3 aromatic rings. The lowest BCUT2D eigenvalue weighted by atomic mass is 10.1. The van der Waals surface area contributed by atoms with E-state index in [9.17, 15) is 29.4 Å². The first-order valence-corrected chi connectivity index (χ1v) is 9.33. The predicted octanol–water partition coefficient (Wildman–Crippen LogP) is 4.84. The van der Waals surface area contributed by atoms with Gasteiger partial charge >= 0.3 is 0 Å². The van der Waals surface area contributed by atoms with Crippen LogP contribution in [0.1, 0.15) is 20.8 Å². The second-order valence-electron chi connectivity index (χ2n) is 6.17. The molecule has 0 aliphatic carbocycles. The number of hydrogen-bond donors (Lipinski definition) is 1. The van der Waals surface area contributed by atoms with Crippen molar-refractivity contribution < 1.29 is 23.8 Å². The van der Waals surface area contributed by atoms with Gasteiger partial charge in [-0.25, -0.2) is 4.39 Å². The Morgan fingerprint density at radius 1 is 1.13 bits per heavy atom. The van der Waals surface area contributed by atoms with E-state index < -0.39 is 32.9 Å². The number of nitro benzene ring substituents is 2. The lowest BCUT2D eigenvalue weighted by Crippen LogP contribution is -2.11. The van der Waals surface area contributed by atoms with Crippen LogP contribution in [0.4, 0.5) is 21.5 Å². The zero-order chi connectivity index (χ0) is 21.8. The van der Waals surface area contributed by atoms with Gasteiger partial charge in [0.1, 0.15) is 23.7 Å². The van der Waals surface area contributed by atoms with E-state index in [0.29, 0.717) is 11.3 Å². The normalized spacial score (nSPS) is 10.5. The average molecular weight is 431 g/mol. The lowest BCUT2D eigenvalue weighted by Gasteiger charge is -2.06. The molecule has 2 aromatic carbocycles. The molecule has 0 saturated heterocycles. The molecule has 0 bridgehead atoms. The van der Waals surface area contributed by atoms with E-state index >= 15 is 0 Å². The number of rotatable bonds is 7. The Morgan fingerprint density at radius 2 is 1.80 bits per heavy atom. The van der Waals surface area contributed by atoms with Crippen molar-refractivity contribution in [1.29, 1.82) is 0 Å². The fourth-order valence-corrected chi connectivity index (χ4v) is 3.41. The maximum absolute atomic E-state index is 13.2. The number of ether oxygens (including phenoxy) is 1. The molecule has 0 unspecified atom stereocenters. The van der Waals surface area contributed by atoms with Crippen LogP contribution in [0, 0.1) is 33.0 Å². The van der Waals surface area contributed by atoms with Crippen molar-refractivity contribution in [3.8, 4) is 5.75 Å². The zero-order valence-corrected chi connectivity index (χ0v) is 16.3. The molecule has 0 aliphatic rings. The maximum Gasteiger partial charge on any atom is 0.281 e. The lowest BCUT2D eigenvalue weighted by molar-refractivity contribution is -0.395. The van der Waals surface area contributed by atoms with Gasteiger partial charge < -0.3 is 10.1 Å². The summed E-state index contributed by atoms with van der Waals surface area (Å²) in [5.74, 6) is -0.671. The van der Waals surface area contributed by atoms with Gasteiger partial charge in [0.25, 0.3) is 17.3 Å². The Labute approximate surface area is 173 Å². The van der Waals surface area contributed by atoms with Crippen LogP contribution in [0.15, 0.2) is 47.8 Å². The number of amides is 1. The molecule has 0 aliphatic heterocycles. The van der Waals surface area contributed by atoms with Crippen molar-refractivity contribution in [3.05, 3.63) is 89.9 Å². The van der Waals surface area contributed by atoms with E-state index in [0.717, 1.165) is 23.5 Å². The SMILES string of the molecule is Cc1c([N+](=O)[O-])cc(NC(=O)c2cc(COc3cccc(F)c3)cs2)cc1[N+](=O)[O-]. The topological polar surface area (TPSA) is 125 Å². The Morgan fingerprint density at radius 3 is 2.40 bits per heavy atom. The van der Waals surface area contributed by atoms with Crippen LogP contribution in [0.5, 0.6) is 5.75 Å². The maximum atomic E-state index is 13.2. The summed E-state index contributed by atoms with van der Waals surface area (Å²) >= 11 is 1.11. The summed E-state index contributed by atoms with van der Waals surface area (Å²) in [6, 6.07) is 9.33.